The largest absolute Gasteiger partial charge is 0.370 e. The lowest BCUT2D eigenvalue weighted by Gasteiger charge is -2.26. The summed E-state index contributed by atoms with van der Waals surface area (Å²) in [5.41, 5.74) is 10.9. The van der Waals surface area contributed by atoms with Crippen molar-refractivity contribution in [2.75, 3.05) is 0 Å². The van der Waals surface area contributed by atoms with E-state index in [9.17, 15) is 0 Å². The molecule has 0 aromatic carbocycles. The summed E-state index contributed by atoms with van der Waals surface area (Å²) in [7, 11) is 0. The number of hydrogen-bond acceptors (Lipinski definition) is 5. The third-order valence-corrected chi connectivity index (χ3v) is 1.50. The van der Waals surface area contributed by atoms with E-state index in [0.717, 1.165) is 0 Å². The van der Waals surface area contributed by atoms with Gasteiger partial charge in [-0.3, -0.25) is 0 Å². The topological polar surface area (TPSA) is 88.8 Å². The van der Waals surface area contributed by atoms with Crippen LogP contribution in [0.1, 0.15) is 20.8 Å². The van der Waals surface area contributed by atoms with Crippen LogP contribution in [0.5, 0.6) is 0 Å². The van der Waals surface area contributed by atoms with Crippen molar-refractivity contribution < 1.29 is 0 Å². The van der Waals surface area contributed by atoms with Crippen molar-refractivity contribution in [1.29, 1.82) is 0 Å². The lowest BCUT2D eigenvalue weighted by molar-refractivity contribution is 0.650. The Balaban J connectivity index is 2.83. The zero-order valence-corrected chi connectivity index (χ0v) is 7.63. The summed E-state index contributed by atoms with van der Waals surface area (Å²) in [5.74, 6) is 1.06. The maximum Gasteiger partial charge on any atom is 0.196 e. The lowest BCUT2D eigenvalue weighted by atomic mass is 10.1. The Hall–Kier alpha value is -1.10. The van der Waals surface area contributed by atoms with E-state index >= 15 is 0 Å². The fourth-order valence-corrected chi connectivity index (χ4v) is 0.930. The summed E-state index contributed by atoms with van der Waals surface area (Å²) in [4.78, 5) is 8.20. The van der Waals surface area contributed by atoms with Gasteiger partial charge in [-0.25, -0.2) is 9.98 Å². The highest BCUT2D eigenvalue weighted by Gasteiger charge is 2.23. The molecule has 1 atom stereocenters. The first kappa shape index (κ1) is 8.99. The zero-order valence-electron chi connectivity index (χ0n) is 7.63. The second-order valence-corrected chi connectivity index (χ2v) is 3.47. The van der Waals surface area contributed by atoms with Gasteiger partial charge in [-0.2, -0.15) is 0 Å². The van der Waals surface area contributed by atoms with Gasteiger partial charge in [0.2, 0.25) is 0 Å². The highest BCUT2D eigenvalue weighted by Crippen LogP contribution is 2.05. The van der Waals surface area contributed by atoms with Crippen LogP contribution in [0.3, 0.4) is 0 Å². The molecule has 1 unspecified atom stereocenters. The molecule has 5 nitrogen and oxygen atoms in total. The molecule has 1 aliphatic rings. The Morgan fingerprint density at radius 3 is 2.42 bits per heavy atom. The summed E-state index contributed by atoms with van der Waals surface area (Å²) >= 11 is 0. The maximum absolute atomic E-state index is 5.83. The molecule has 1 heterocycles. The van der Waals surface area contributed by atoms with Gasteiger partial charge in [-0.05, 0) is 20.8 Å². The van der Waals surface area contributed by atoms with E-state index < -0.39 is 5.54 Å². The number of amidine groups is 1. The first-order valence-corrected chi connectivity index (χ1v) is 3.87. The van der Waals surface area contributed by atoms with Crippen molar-refractivity contribution in [2.45, 2.75) is 32.5 Å². The van der Waals surface area contributed by atoms with Gasteiger partial charge < -0.3 is 16.8 Å². The van der Waals surface area contributed by atoms with Crippen LogP contribution in [-0.4, -0.2) is 23.5 Å². The molecule has 0 fully saturated rings. The number of nitrogens with zero attached hydrogens (tertiary/aromatic N) is 2. The van der Waals surface area contributed by atoms with E-state index in [2.05, 4.69) is 15.3 Å². The number of guanidine groups is 1. The van der Waals surface area contributed by atoms with Crippen LogP contribution in [0.4, 0.5) is 0 Å². The predicted octanol–water partition coefficient (Wildman–Crippen LogP) is -0.614. The van der Waals surface area contributed by atoms with Crippen molar-refractivity contribution in [2.24, 2.45) is 21.5 Å². The molecular weight excluding hydrogens is 154 g/mol. The van der Waals surface area contributed by atoms with Gasteiger partial charge in [0, 0.05) is 0 Å². The third-order valence-electron chi connectivity index (χ3n) is 1.50. The van der Waals surface area contributed by atoms with Gasteiger partial charge >= 0.3 is 0 Å². The van der Waals surface area contributed by atoms with Crippen molar-refractivity contribution >= 4 is 11.8 Å². The van der Waals surface area contributed by atoms with Gasteiger partial charge in [0.25, 0.3) is 0 Å². The molecule has 0 aromatic heterocycles. The standard InChI is InChI=1S/C7H15N5/c1-4-10-5(7(2,3)9)12-6(8)11-4/h4H,9H2,1-3H3,(H3,8,10,11,12). The molecule has 0 amide bonds. The van der Waals surface area contributed by atoms with Crippen LogP contribution in [0.25, 0.3) is 0 Å². The van der Waals surface area contributed by atoms with Crippen molar-refractivity contribution in [1.82, 2.24) is 5.32 Å². The van der Waals surface area contributed by atoms with Crippen molar-refractivity contribution in [3.05, 3.63) is 0 Å². The number of hydrogen-bond donors (Lipinski definition) is 3. The van der Waals surface area contributed by atoms with E-state index in [0.29, 0.717) is 11.8 Å². The Bertz CT molecular complexity index is 235. The Morgan fingerprint density at radius 2 is 2.00 bits per heavy atom. The first-order chi connectivity index (χ1) is 5.39. The van der Waals surface area contributed by atoms with Gasteiger partial charge in [-0.15, -0.1) is 0 Å². The normalized spacial score (nSPS) is 24.2. The minimum absolute atomic E-state index is 0.135. The Morgan fingerprint density at radius 1 is 1.42 bits per heavy atom. The smallest absolute Gasteiger partial charge is 0.196 e. The van der Waals surface area contributed by atoms with E-state index in [1.54, 1.807) is 0 Å². The summed E-state index contributed by atoms with van der Waals surface area (Å²) in [6.07, 6.45) is -0.135. The summed E-state index contributed by atoms with van der Waals surface area (Å²) in [5, 5.41) is 2.84. The molecule has 5 N–H and O–H groups in total. The third kappa shape index (κ3) is 1.94. The summed E-state index contributed by atoms with van der Waals surface area (Å²) in [6, 6.07) is 0. The first-order valence-electron chi connectivity index (χ1n) is 3.87. The summed E-state index contributed by atoms with van der Waals surface area (Å²) in [6.45, 7) is 5.59. The highest BCUT2D eigenvalue weighted by molar-refractivity contribution is 6.04. The highest BCUT2D eigenvalue weighted by atomic mass is 15.2. The fraction of sp³-hybridized carbons (Fsp3) is 0.714. The lowest BCUT2D eigenvalue weighted by Crippen LogP contribution is -2.55. The average molecular weight is 169 g/mol. The second-order valence-electron chi connectivity index (χ2n) is 3.47. The van der Waals surface area contributed by atoms with E-state index in [-0.39, 0.29) is 6.17 Å². The molecule has 0 aliphatic carbocycles. The van der Waals surface area contributed by atoms with Crippen molar-refractivity contribution in [3.8, 4) is 0 Å². The van der Waals surface area contributed by atoms with Gasteiger partial charge in [-0.1, -0.05) is 0 Å². The van der Waals surface area contributed by atoms with Gasteiger partial charge in [0.05, 0.1) is 5.54 Å². The zero-order chi connectivity index (χ0) is 9.35. The van der Waals surface area contributed by atoms with E-state index in [1.165, 1.54) is 0 Å². The van der Waals surface area contributed by atoms with Crippen LogP contribution in [-0.2, 0) is 0 Å². The number of nitrogens with one attached hydrogen (secondary N) is 1. The molecule has 0 aromatic rings. The number of nitrogens with two attached hydrogens (primary N) is 2. The number of aliphatic imine (C=N–C) groups is 2. The maximum atomic E-state index is 5.83. The molecule has 68 valence electrons. The molecule has 12 heavy (non-hydrogen) atoms. The van der Waals surface area contributed by atoms with Crippen LogP contribution >= 0.6 is 0 Å². The Labute approximate surface area is 71.9 Å². The number of rotatable bonds is 1. The molecule has 0 bridgehead atoms. The Kier molecular flexibility index (Phi) is 2.06. The summed E-state index contributed by atoms with van der Waals surface area (Å²) < 4.78 is 0. The average Bonchev–Trinajstić information content (AvgIpc) is 1.82. The molecule has 1 aliphatic heterocycles. The molecule has 0 spiro atoms. The minimum atomic E-state index is -0.491. The van der Waals surface area contributed by atoms with Crippen LogP contribution in [0.2, 0.25) is 0 Å². The SMILES string of the molecule is CC1N=C(N)NC(C(C)(C)N)=N1. The quantitative estimate of drug-likeness (QED) is 0.489. The monoisotopic (exact) mass is 169 g/mol. The van der Waals surface area contributed by atoms with Gasteiger partial charge in [0.1, 0.15) is 12.0 Å². The van der Waals surface area contributed by atoms with Crippen LogP contribution in [0.15, 0.2) is 9.98 Å². The molecule has 1 rings (SSSR count). The van der Waals surface area contributed by atoms with Crippen molar-refractivity contribution in [3.63, 3.8) is 0 Å². The second kappa shape index (κ2) is 2.75. The van der Waals surface area contributed by atoms with Gasteiger partial charge in [0.15, 0.2) is 5.96 Å². The predicted molar refractivity (Wildman–Crippen MR) is 49.9 cm³/mol. The van der Waals surface area contributed by atoms with Crippen LogP contribution < -0.4 is 16.8 Å². The molecule has 0 radical (unpaired) electrons. The van der Waals surface area contributed by atoms with E-state index in [1.807, 2.05) is 20.8 Å². The molecule has 0 saturated carbocycles. The molecular formula is C7H15N5. The van der Waals surface area contributed by atoms with E-state index in [4.69, 9.17) is 11.5 Å². The molecule has 0 saturated heterocycles. The minimum Gasteiger partial charge on any atom is -0.370 e. The van der Waals surface area contributed by atoms with Crippen LogP contribution in [0, 0.1) is 0 Å². The molecule has 5 heteroatoms. The fourth-order valence-electron chi connectivity index (χ4n) is 0.930.